The highest BCUT2D eigenvalue weighted by atomic mass is 19.1. The predicted octanol–water partition coefficient (Wildman–Crippen LogP) is 3.91. The lowest BCUT2D eigenvalue weighted by Crippen LogP contribution is -2.50. The summed E-state index contributed by atoms with van der Waals surface area (Å²) in [5, 5.41) is 15.0. The van der Waals surface area contributed by atoms with E-state index in [1.165, 1.54) is 24.4 Å². The number of hydrogen-bond acceptors (Lipinski definition) is 6. The van der Waals surface area contributed by atoms with Crippen LogP contribution < -0.4 is 15.5 Å². The van der Waals surface area contributed by atoms with Crippen LogP contribution in [0, 0.1) is 17.6 Å². The molecule has 0 aliphatic carbocycles. The highest BCUT2D eigenvalue weighted by molar-refractivity contribution is 5.70. The first-order valence-electron chi connectivity index (χ1n) is 10.6. The molecule has 0 radical (unpaired) electrons. The molecule has 0 unspecified atom stereocenters. The van der Waals surface area contributed by atoms with Crippen molar-refractivity contribution in [3.8, 4) is 11.4 Å². The summed E-state index contributed by atoms with van der Waals surface area (Å²) >= 11 is 0. The number of amides is 1. The fourth-order valence-electron chi connectivity index (χ4n) is 4.14. The number of carboxylic acid groups (broad SMARTS) is 1. The number of anilines is 2. The Hall–Kier alpha value is -3.82. The Kier molecular flexibility index (Phi) is 6.62. The number of hydrogen-bond donors (Lipinski definition) is 3. The topological polar surface area (TPSA) is 103 Å². The molecule has 1 aliphatic rings. The van der Waals surface area contributed by atoms with Gasteiger partial charge in [-0.25, -0.2) is 23.5 Å². The molecule has 33 heavy (non-hydrogen) atoms. The smallest absolute Gasteiger partial charge is 0.404 e. The van der Waals surface area contributed by atoms with Crippen LogP contribution >= 0.6 is 0 Å². The van der Waals surface area contributed by atoms with E-state index in [4.69, 9.17) is 5.11 Å². The van der Waals surface area contributed by atoms with Crippen molar-refractivity contribution in [2.24, 2.45) is 5.92 Å². The van der Waals surface area contributed by atoms with E-state index in [2.05, 4.69) is 37.4 Å². The van der Waals surface area contributed by atoms with Crippen molar-refractivity contribution >= 4 is 17.5 Å². The van der Waals surface area contributed by atoms with Gasteiger partial charge in [0.05, 0.1) is 35.4 Å². The van der Waals surface area contributed by atoms with Crippen molar-refractivity contribution in [2.75, 3.05) is 23.3 Å². The fraction of sp³-hybridized carbons (Fsp3) is 0.304. The van der Waals surface area contributed by atoms with Crippen LogP contribution in [0.15, 0.2) is 48.9 Å². The second-order valence-corrected chi connectivity index (χ2v) is 8.11. The van der Waals surface area contributed by atoms with E-state index < -0.39 is 17.7 Å². The van der Waals surface area contributed by atoms with E-state index in [-0.39, 0.29) is 24.0 Å². The fourth-order valence-corrected chi connectivity index (χ4v) is 4.14. The first kappa shape index (κ1) is 22.4. The molecule has 0 spiro atoms. The Labute approximate surface area is 189 Å². The molecule has 10 heteroatoms. The summed E-state index contributed by atoms with van der Waals surface area (Å²) in [5.74, 6) is -1.17. The van der Waals surface area contributed by atoms with Crippen LogP contribution in [0.25, 0.3) is 11.4 Å². The summed E-state index contributed by atoms with van der Waals surface area (Å²) in [6, 6.07) is 7.00. The maximum absolute atomic E-state index is 14.1. The summed E-state index contributed by atoms with van der Waals surface area (Å²) in [6.45, 7) is 3.69. The number of rotatable bonds is 6. The van der Waals surface area contributed by atoms with Crippen molar-refractivity contribution < 1.29 is 18.7 Å². The van der Waals surface area contributed by atoms with Gasteiger partial charge in [-0.05, 0) is 36.6 Å². The largest absolute Gasteiger partial charge is 0.465 e. The molecule has 1 amide bonds. The number of benzene rings is 1. The van der Waals surface area contributed by atoms with Crippen LogP contribution in [-0.2, 0) is 6.54 Å². The molecule has 0 bridgehead atoms. The van der Waals surface area contributed by atoms with Crippen LogP contribution in [0.5, 0.6) is 0 Å². The molecule has 1 aliphatic heterocycles. The lowest BCUT2D eigenvalue weighted by atomic mass is 9.95. The average molecular weight is 454 g/mol. The molecular formula is C23H24F2N6O2. The van der Waals surface area contributed by atoms with Gasteiger partial charge >= 0.3 is 6.09 Å². The zero-order valence-corrected chi connectivity index (χ0v) is 18.0. The Balaban J connectivity index is 1.52. The first-order chi connectivity index (χ1) is 15.9. The molecule has 172 valence electrons. The van der Waals surface area contributed by atoms with Crippen molar-refractivity contribution in [3.63, 3.8) is 0 Å². The van der Waals surface area contributed by atoms with Gasteiger partial charge in [-0.1, -0.05) is 13.0 Å². The molecule has 8 nitrogen and oxygen atoms in total. The molecule has 1 saturated heterocycles. The van der Waals surface area contributed by atoms with E-state index in [1.54, 1.807) is 18.5 Å². The van der Waals surface area contributed by atoms with E-state index >= 15 is 0 Å². The monoisotopic (exact) mass is 454 g/mol. The Bertz CT molecular complexity index is 1130. The Morgan fingerprint density at radius 3 is 2.73 bits per heavy atom. The summed E-state index contributed by atoms with van der Waals surface area (Å²) in [4.78, 5) is 25.8. The molecule has 3 aromatic rings. The molecule has 4 rings (SSSR count). The lowest BCUT2D eigenvalue weighted by molar-refractivity contribution is 0.186. The van der Waals surface area contributed by atoms with Crippen molar-refractivity contribution in [2.45, 2.75) is 25.9 Å². The SMILES string of the molecule is C[C@@H]1C[C@H](NC(=O)O)CN(c2ccncc2NCc2ccnc(-c3c(F)cccc3F)n2)C1. The predicted molar refractivity (Wildman–Crippen MR) is 120 cm³/mol. The quantitative estimate of drug-likeness (QED) is 0.519. The molecule has 1 aromatic carbocycles. The van der Waals surface area contributed by atoms with Crippen LogP contribution in [0.3, 0.4) is 0 Å². The third-order valence-corrected chi connectivity index (χ3v) is 5.49. The lowest BCUT2D eigenvalue weighted by Gasteiger charge is -2.38. The number of aromatic nitrogens is 3. The Morgan fingerprint density at radius 1 is 1.18 bits per heavy atom. The van der Waals surface area contributed by atoms with Gasteiger partial charge < -0.3 is 20.6 Å². The van der Waals surface area contributed by atoms with Gasteiger partial charge in [-0.3, -0.25) is 4.98 Å². The standard InChI is InChI=1S/C23H24F2N6O2/c1-14-9-16(30-23(32)33)13-31(12-14)20-6-7-26-11-19(20)28-10-15-5-8-27-22(29-15)21-17(24)3-2-4-18(21)25/h2-8,11,14,16,28,30H,9-10,12-13H2,1H3,(H,32,33)/t14-,16+/m1/s1. The molecule has 2 atom stereocenters. The summed E-state index contributed by atoms with van der Waals surface area (Å²) in [5.41, 5.74) is 1.93. The average Bonchev–Trinajstić information content (AvgIpc) is 2.77. The highest BCUT2D eigenvalue weighted by Gasteiger charge is 2.27. The molecule has 3 heterocycles. The minimum absolute atomic E-state index is 0.0243. The first-order valence-corrected chi connectivity index (χ1v) is 10.6. The number of halogens is 2. The maximum Gasteiger partial charge on any atom is 0.404 e. The summed E-state index contributed by atoms with van der Waals surface area (Å²) in [7, 11) is 0. The molecular weight excluding hydrogens is 430 g/mol. The van der Waals surface area contributed by atoms with Gasteiger partial charge in [-0.15, -0.1) is 0 Å². The second-order valence-electron chi connectivity index (χ2n) is 8.11. The molecule has 3 N–H and O–H groups in total. The van der Waals surface area contributed by atoms with Gasteiger partial charge in [0.1, 0.15) is 11.6 Å². The van der Waals surface area contributed by atoms with Crippen LogP contribution in [0.1, 0.15) is 19.0 Å². The van der Waals surface area contributed by atoms with E-state index in [0.717, 1.165) is 24.3 Å². The number of pyridine rings is 1. The zero-order valence-electron chi connectivity index (χ0n) is 18.0. The minimum atomic E-state index is -1.03. The van der Waals surface area contributed by atoms with Gasteiger partial charge in [-0.2, -0.15) is 0 Å². The van der Waals surface area contributed by atoms with Crippen molar-refractivity contribution in [3.05, 3.63) is 66.3 Å². The van der Waals surface area contributed by atoms with Gasteiger partial charge in [0, 0.05) is 31.5 Å². The minimum Gasteiger partial charge on any atom is -0.465 e. The highest BCUT2D eigenvalue weighted by Crippen LogP contribution is 2.30. The molecule has 2 aromatic heterocycles. The molecule has 0 saturated carbocycles. The van der Waals surface area contributed by atoms with E-state index in [0.29, 0.717) is 18.2 Å². The number of nitrogens with one attached hydrogen (secondary N) is 2. The van der Waals surface area contributed by atoms with Gasteiger partial charge in [0.15, 0.2) is 5.82 Å². The molecule has 1 fully saturated rings. The third-order valence-electron chi connectivity index (χ3n) is 5.49. The van der Waals surface area contributed by atoms with Crippen molar-refractivity contribution in [1.82, 2.24) is 20.3 Å². The normalized spacial score (nSPS) is 18.1. The van der Waals surface area contributed by atoms with Gasteiger partial charge in [0.2, 0.25) is 0 Å². The second kappa shape index (κ2) is 9.76. The number of nitrogens with zero attached hydrogens (tertiary/aromatic N) is 4. The van der Waals surface area contributed by atoms with Crippen LogP contribution in [-0.4, -0.2) is 45.3 Å². The van der Waals surface area contributed by atoms with Crippen molar-refractivity contribution in [1.29, 1.82) is 0 Å². The van der Waals surface area contributed by atoms with E-state index in [9.17, 15) is 13.6 Å². The van der Waals surface area contributed by atoms with Crippen LogP contribution in [0.4, 0.5) is 25.0 Å². The zero-order chi connectivity index (χ0) is 23.4. The van der Waals surface area contributed by atoms with Crippen LogP contribution in [0.2, 0.25) is 0 Å². The number of carbonyl (C=O) groups is 1. The summed E-state index contributed by atoms with van der Waals surface area (Å²) in [6.07, 6.45) is 4.57. The van der Waals surface area contributed by atoms with Gasteiger partial charge in [0.25, 0.3) is 0 Å². The number of piperidine rings is 1. The third kappa shape index (κ3) is 5.33. The Morgan fingerprint density at radius 2 is 1.97 bits per heavy atom. The summed E-state index contributed by atoms with van der Waals surface area (Å²) < 4.78 is 28.3. The maximum atomic E-state index is 14.1. The van der Waals surface area contributed by atoms with E-state index in [1.807, 2.05) is 6.07 Å².